The van der Waals surface area contributed by atoms with Gasteiger partial charge in [-0.05, 0) is 54.9 Å². The minimum atomic E-state index is -3.06. The van der Waals surface area contributed by atoms with E-state index in [-0.39, 0.29) is 12.6 Å². The molecule has 8 nitrogen and oxygen atoms in total. The van der Waals surface area contributed by atoms with Crippen LogP contribution in [0.1, 0.15) is 75.6 Å². The van der Waals surface area contributed by atoms with Crippen molar-refractivity contribution in [3.63, 3.8) is 0 Å². The first-order chi connectivity index (χ1) is 17.1. The van der Waals surface area contributed by atoms with Crippen molar-refractivity contribution >= 4 is 11.8 Å². The fraction of sp³-hybridized carbons (Fsp3) is 0.417. The first-order valence-electron chi connectivity index (χ1n) is 11.4. The number of rotatable bonds is 7. The van der Waals surface area contributed by atoms with Gasteiger partial charge in [-0.1, -0.05) is 6.07 Å². The van der Waals surface area contributed by atoms with Gasteiger partial charge in [0, 0.05) is 32.9 Å². The van der Waals surface area contributed by atoms with Gasteiger partial charge in [0.25, 0.3) is 18.2 Å². The third-order valence-electron chi connectivity index (χ3n) is 6.13. The van der Waals surface area contributed by atoms with E-state index in [9.17, 15) is 27.2 Å². The topological polar surface area (TPSA) is 99.0 Å². The lowest BCUT2D eigenvalue weighted by atomic mass is 10.0. The van der Waals surface area contributed by atoms with Gasteiger partial charge < -0.3 is 10.6 Å². The van der Waals surface area contributed by atoms with Crippen LogP contribution >= 0.6 is 0 Å². The zero-order valence-electron chi connectivity index (χ0n) is 19.8. The Morgan fingerprint density at radius 1 is 1.17 bits per heavy atom. The van der Waals surface area contributed by atoms with Gasteiger partial charge in [-0.2, -0.15) is 14.6 Å². The van der Waals surface area contributed by atoms with Gasteiger partial charge in [0.05, 0.1) is 11.8 Å². The summed E-state index contributed by atoms with van der Waals surface area (Å²) in [7, 11) is 2.91. The van der Waals surface area contributed by atoms with Crippen LogP contribution in [-0.4, -0.2) is 42.3 Å². The first-order valence-corrected chi connectivity index (χ1v) is 11.4. The SMILES string of the molecule is Cn1cc(C(N)=O)cn1.Cn1nc(C(F)F)c(C(=O)N(Cc2cc(F)ccc2C2CC2)C2CC2)c1F. The van der Waals surface area contributed by atoms with E-state index in [1.807, 2.05) is 0 Å². The molecule has 0 aliphatic heterocycles. The van der Waals surface area contributed by atoms with Crippen molar-refractivity contribution in [3.05, 3.63) is 70.3 Å². The van der Waals surface area contributed by atoms with E-state index in [1.165, 1.54) is 35.0 Å². The maximum Gasteiger partial charge on any atom is 0.283 e. The van der Waals surface area contributed by atoms with E-state index >= 15 is 0 Å². The van der Waals surface area contributed by atoms with Crippen LogP contribution in [0.3, 0.4) is 0 Å². The molecule has 1 aromatic carbocycles. The molecule has 0 bridgehead atoms. The van der Waals surface area contributed by atoms with Crippen LogP contribution in [-0.2, 0) is 20.6 Å². The Kier molecular flexibility index (Phi) is 7.14. The lowest BCUT2D eigenvalue weighted by Crippen LogP contribution is -2.34. The second-order valence-electron chi connectivity index (χ2n) is 9.02. The molecular formula is C24H26F4N6O2. The molecule has 2 amide bonds. The third kappa shape index (κ3) is 5.58. The Morgan fingerprint density at radius 2 is 1.86 bits per heavy atom. The van der Waals surface area contributed by atoms with Crippen LogP contribution in [0, 0.1) is 11.8 Å². The first kappa shape index (κ1) is 25.4. The fourth-order valence-corrected chi connectivity index (χ4v) is 4.01. The largest absolute Gasteiger partial charge is 0.366 e. The Balaban J connectivity index is 0.000000286. The number of carbonyl (C=O) groups excluding carboxylic acids is 2. The smallest absolute Gasteiger partial charge is 0.283 e. The molecule has 2 aliphatic carbocycles. The van der Waals surface area contributed by atoms with Crippen molar-refractivity contribution in [2.24, 2.45) is 19.8 Å². The summed E-state index contributed by atoms with van der Waals surface area (Å²) in [5.41, 5.74) is 5.45. The lowest BCUT2D eigenvalue weighted by molar-refractivity contribution is 0.0711. The van der Waals surface area contributed by atoms with Gasteiger partial charge in [0.15, 0.2) is 0 Å². The molecule has 2 saturated carbocycles. The monoisotopic (exact) mass is 506 g/mol. The van der Waals surface area contributed by atoms with Crippen LogP contribution in [0.2, 0.25) is 0 Å². The van der Waals surface area contributed by atoms with E-state index in [0.29, 0.717) is 34.6 Å². The average molecular weight is 507 g/mol. The standard InChI is InChI=1S/C19H19F4N3O.C5H7N3O/c1-25-18(23)15(16(24-25)17(21)22)19(27)26(13-5-6-13)9-11-8-12(20)4-7-14(11)10-2-3-10;1-8-3-4(2-7-8)5(6)9/h4,7-8,10,13,17H,2-3,5-6,9H2,1H3;2-3H,1H3,(H2,6,9). The van der Waals surface area contributed by atoms with Crippen molar-refractivity contribution in [1.82, 2.24) is 24.5 Å². The molecule has 36 heavy (non-hydrogen) atoms. The number of alkyl halides is 2. The quantitative estimate of drug-likeness (QED) is 0.493. The summed E-state index contributed by atoms with van der Waals surface area (Å²) < 4.78 is 56.8. The highest BCUT2D eigenvalue weighted by atomic mass is 19.3. The summed E-state index contributed by atoms with van der Waals surface area (Å²) in [5.74, 6) is -2.42. The minimum absolute atomic E-state index is 0.0735. The minimum Gasteiger partial charge on any atom is -0.366 e. The molecule has 2 fully saturated rings. The summed E-state index contributed by atoms with van der Waals surface area (Å²) in [6, 6.07) is 4.32. The number of aryl methyl sites for hydroxylation is 2. The van der Waals surface area contributed by atoms with Gasteiger partial charge in [-0.15, -0.1) is 0 Å². The zero-order chi connectivity index (χ0) is 26.1. The van der Waals surface area contributed by atoms with E-state index < -0.39 is 41.3 Å². The van der Waals surface area contributed by atoms with Gasteiger partial charge >= 0.3 is 0 Å². The molecule has 0 atom stereocenters. The number of hydrogen-bond donors (Lipinski definition) is 1. The fourth-order valence-electron chi connectivity index (χ4n) is 4.01. The van der Waals surface area contributed by atoms with Crippen molar-refractivity contribution in [3.8, 4) is 0 Å². The number of halogens is 4. The number of benzene rings is 1. The summed E-state index contributed by atoms with van der Waals surface area (Å²) in [6.45, 7) is 0.0735. The third-order valence-corrected chi connectivity index (χ3v) is 6.13. The van der Waals surface area contributed by atoms with Crippen molar-refractivity contribution in [2.45, 2.75) is 50.6 Å². The highest BCUT2D eigenvalue weighted by molar-refractivity contribution is 5.96. The molecule has 2 aromatic heterocycles. The van der Waals surface area contributed by atoms with Crippen molar-refractivity contribution < 1.29 is 27.2 Å². The highest BCUT2D eigenvalue weighted by Crippen LogP contribution is 2.43. The Bertz CT molecular complexity index is 1280. The average Bonchev–Trinajstić information content (AvgIpc) is 3.75. The molecule has 12 heteroatoms. The summed E-state index contributed by atoms with van der Waals surface area (Å²) in [4.78, 5) is 24.7. The normalized spacial score (nSPS) is 15.0. The van der Waals surface area contributed by atoms with E-state index in [1.54, 1.807) is 19.3 Å². The van der Waals surface area contributed by atoms with Gasteiger partial charge in [-0.25, -0.2) is 17.9 Å². The van der Waals surface area contributed by atoms with E-state index in [4.69, 9.17) is 5.73 Å². The lowest BCUT2D eigenvalue weighted by Gasteiger charge is -2.24. The van der Waals surface area contributed by atoms with Crippen LogP contribution in [0.15, 0.2) is 30.6 Å². The predicted molar refractivity (Wildman–Crippen MR) is 121 cm³/mol. The van der Waals surface area contributed by atoms with Crippen molar-refractivity contribution in [1.29, 1.82) is 0 Å². The van der Waals surface area contributed by atoms with Crippen LogP contribution in [0.5, 0.6) is 0 Å². The maximum absolute atomic E-state index is 14.4. The van der Waals surface area contributed by atoms with Crippen molar-refractivity contribution in [2.75, 3.05) is 0 Å². The number of aromatic nitrogens is 4. The zero-order valence-corrected chi connectivity index (χ0v) is 19.8. The number of nitrogens with zero attached hydrogens (tertiary/aromatic N) is 5. The summed E-state index contributed by atoms with van der Waals surface area (Å²) in [6.07, 6.45) is 3.38. The summed E-state index contributed by atoms with van der Waals surface area (Å²) >= 11 is 0. The molecule has 5 rings (SSSR count). The molecule has 0 radical (unpaired) electrons. The maximum atomic E-state index is 14.4. The molecule has 2 N–H and O–H groups in total. The molecule has 0 unspecified atom stereocenters. The predicted octanol–water partition coefficient (Wildman–Crippen LogP) is 3.84. The Morgan fingerprint density at radius 3 is 2.36 bits per heavy atom. The number of carbonyl (C=O) groups is 2. The number of amides is 2. The Hall–Kier alpha value is -3.70. The molecule has 0 saturated heterocycles. The summed E-state index contributed by atoms with van der Waals surface area (Å²) in [5, 5.41) is 7.21. The van der Waals surface area contributed by atoms with Gasteiger partial charge in [0.2, 0.25) is 5.95 Å². The molecule has 2 aliphatic rings. The molecule has 192 valence electrons. The van der Waals surface area contributed by atoms with Crippen LogP contribution in [0.4, 0.5) is 17.6 Å². The number of nitrogens with two attached hydrogens (primary N) is 1. The number of primary amides is 1. The van der Waals surface area contributed by atoms with Crippen LogP contribution in [0.25, 0.3) is 0 Å². The highest BCUT2D eigenvalue weighted by Gasteiger charge is 2.39. The molecule has 3 aromatic rings. The van der Waals surface area contributed by atoms with E-state index in [0.717, 1.165) is 18.4 Å². The second-order valence-corrected chi connectivity index (χ2v) is 9.02. The van der Waals surface area contributed by atoms with Crippen LogP contribution < -0.4 is 5.73 Å². The second kappa shape index (κ2) is 10.1. The van der Waals surface area contributed by atoms with Gasteiger partial charge in [-0.3, -0.25) is 14.3 Å². The molecular weight excluding hydrogens is 480 g/mol. The van der Waals surface area contributed by atoms with Gasteiger partial charge in [0.1, 0.15) is 17.1 Å². The number of hydrogen-bond acceptors (Lipinski definition) is 4. The van der Waals surface area contributed by atoms with E-state index in [2.05, 4.69) is 10.2 Å². The molecule has 2 heterocycles. The Labute approximate surface area is 204 Å². The molecule has 0 spiro atoms.